The van der Waals surface area contributed by atoms with Crippen LogP contribution in [0.5, 0.6) is 5.75 Å². The van der Waals surface area contributed by atoms with Crippen molar-refractivity contribution in [1.82, 2.24) is 15.5 Å². The zero-order valence-corrected chi connectivity index (χ0v) is 21.7. The second-order valence-electron chi connectivity index (χ2n) is 8.60. The largest absolute Gasteiger partial charge is 0.484 e. The highest BCUT2D eigenvalue weighted by Gasteiger charge is 2.26. The third kappa shape index (κ3) is 7.91. The average molecular weight is 562 g/mol. The lowest BCUT2D eigenvalue weighted by Gasteiger charge is -2.21. The maximum Gasteiger partial charge on any atom is 0.258 e. The SMILES string of the molecule is CCNC(=NCCc1ccc(OCC(=O)NC2CC2)cc1)N1CCC(c2ccccc2)C1.I. The van der Waals surface area contributed by atoms with Crippen LogP contribution >= 0.6 is 24.0 Å². The lowest BCUT2D eigenvalue weighted by molar-refractivity contribution is -0.123. The lowest BCUT2D eigenvalue weighted by Crippen LogP contribution is -2.40. The topological polar surface area (TPSA) is 66.0 Å². The van der Waals surface area contributed by atoms with E-state index >= 15 is 0 Å². The molecule has 0 bridgehead atoms. The molecule has 1 atom stereocenters. The molecule has 1 saturated heterocycles. The molecular formula is C26H35IN4O2. The van der Waals surface area contributed by atoms with E-state index in [1.165, 1.54) is 11.1 Å². The van der Waals surface area contributed by atoms with Crippen LogP contribution in [0.4, 0.5) is 0 Å². The minimum absolute atomic E-state index is 0. The Morgan fingerprint density at radius 3 is 2.55 bits per heavy atom. The van der Waals surface area contributed by atoms with Crippen molar-refractivity contribution in [2.45, 2.75) is 44.6 Å². The van der Waals surface area contributed by atoms with Crippen molar-refractivity contribution >= 4 is 35.8 Å². The highest BCUT2D eigenvalue weighted by atomic mass is 127. The molecule has 4 rings (SSSR count). The fourth-order valence-electron chi connectivity index (χ4n) is 4.06. The number of nitrogens with zero attached hydrogens (tertiary/aromatic N) is 2. The predicted octanol–water partition coefficient (Wildman–Crippen LogP) is 3.96. The minimum Gasteiger partial charge on any atom is -0.484 e. The van der Waals surface area contributed by atoms with Gasteiger partial charge in [-0.15, -0.1) is 24.0 Å². The first kappa shape index (κ1) is 25.3. The van der Waals surface area contributed by atoms with E-state index < -0.39 is 0 Å². The van der Waals surface area contributed by atoms with Gasteiger partial charge in [0.25, 0.3) is 5.91 Å². The van der Waals surface area contributed by atoms with Gasteiger partial charge in [-0.2, -0.15) is 0 Å². The van der Waals surface area contributed by atoms with Gasteiger partial charge in [0.05, 0.1) is 0 Å². The van der Waals surface area contributed by atoms with Gasteiger partial charge in [-0.1, -0.05) is 42.5 Å². The van der Waals surface area contributed by atoms with Gasteiger partial charge in [0.1, 0.15) is 5.75 Å². The number of rotatable bonds is 9. The van der Waals surface area contributed by atoms with Gasteiger partial charge in [0, 0.05) is 38.1 Å². The molecule has 1 saturated carbocycles. The van der Waals surface area contributed by atoms with Crippen molar-refractivity contribution in [1.29, 1.82) is 0 Å². The van der Waals surface area contributed by atoms with Crippen LogP contribution in [0.1, 0.15) is 43.2 Å². The van der Waals surface area contributed by atoms with E-state index in [0.717, 1.165) is 63.6 Å². The van der Waals surface area contributed by atoms with Crippen molar-refractivity contribution in [2.75, 3.05) is 32.8 Å². The van der Waals surface area contributed by atoms with E-state index in [9.17, 15) is 4.79 Å². The van der Waals surface area contributed by atoms with Crippen LogP contribution in [0.2, 0.25) is 0 Å². The van der Waals surface area contributed by atoms with Gasteiger partial charge < -0.3 is 20.3 Å². The number of hydrogen-bond donors (Lipinski definition) is 2. The normalized spacial score (nSPS) is 17.9. The van der Waals surface area contributed by atoms with E-state index in [1.54, 1.807) is 0 Å². The van der Waals surface area contributed by atoms with E-state index in [2.05, 4.69) is 64.9 Å². The fourth-order valence-corrected chi connectivity index (χ4v) is 4.06. The molecule has 7 heteroatoms. The van der Waals surface area contributed by atoms with Crippen LogP contribution < -0.4 is 15.4 Å². The molecule has 6 nitrogen and oxygen atoms in total. The summed E-state index contributed by atoms with van der Waals surface area (Å²) < 4.78 is 5.58. The van der Waals surface area contributed by atoms with Crippen LogP contribution in [0.25, 0.3) is 0 Å². The Morgan fingerprint density at radius 1 is 1.09 bits per heavy atom. The van der Waals surface area contributed by atoms with Crippen LogP contribution in [-0.2, 0) is 11.2 Å². The van der Waals surface area contributed by atoms with E-state index in [1.807, 2.05) is 12.1 Å². The van der Waals surface area contributed by atoms with Crippen molar-refractivity contribution < 1.29 is 9.53 Å². The molecule has 2 aromatic carbocycles. The van der Waals surface area contributed by atoms with Crippen LogP contribution in [0.3, 0.4) is 0 Å². The van der Waals surface area contributed by atoms with Crippen molar-refractivity contribution in [3.63, 3.8) is 0 Å². The smallest absolute Gasteiger partial charge is 0.258 e. The standard InChI is InChI=1S/C26H34N4O2.HI/c1-2-27-26(30-17-15-22(18-30)21-6-4-3-5-7-21)28-16-14-20-8-12-24(13-9-20)32-19-25(31)29-23-10-11-23;/h3-9,12-13,22-23H,2,10-11,14-19H2,1H3,(H,27,28)(H,29,31);1H. The number of carbonyl (C=O) groups is 1. The lowest BCUT2D eigenvalue weighted by atomic mass is 9.99. The molecule has 2 aliphatic rings. The van der Waals surface area contributed by atoms with E-state index in [4.69, 9.17) is 9.73 Å². The van der Waals surface area contributed by atoms with Crippen molar-refractivity contribution in [2.24, 2.45) is 4.99 Å². The van der Waals surface area contributed by atoms with Crippen LogP contribution in [0, 0.1) is 0 Å². The van der Waals surface area contributed by atoms with Crippen LogP contribution in [-0.4, -0.2) is 55.6 Å². The number of benzene rings is 2. The number of amides is 1. The summed E-state index contributed by atoms with van der Waals surface area (Å²) in [6.45, 7) is 5.84. The number of likely N-dealkylation sites (tertiary alicyclic amines) is 1. The third-order valence-corrected chi connectivity index (χ3v) is 5.99. The first-order valence-electron chi connectivity index (χ1n) is 11.8. The summed E-state index contributed by atoms with van der Waals surface area (Å²) in [6, 6.07) is 19.1. The molecule has 2 fully saturated rings. The van der Waals surface area contributed by atoms with Gasteiger partial charge in [-0.05, 0) is 55.9 Å². The molecule has 2 aromatic rings. The fraction of sp³-hybridized carbons (Fsp3) is 0.462. The summed E-state index contributed by atoms with van der Waals surface area (Å²) in [7, 11) is 0. The number of hydrogen-bond acceptors (Lipinski definition) is 3. The molecule has 0 spiro atoms. The Morgan fingerprint density at radius 2 is 1.85 bits per heavy atom. The number of aliphatic imine (C=N–C) groups is 1. The van der Waals surface area contributed by atoms with Crippen molar-refractivity contribution in [3.8, 4) is 5.75 Å². The average Bonchev–Trinajstić information content (AvgIpc) is 3.50. The molecule has 1 aliphatic heterocycles. The zero-order valence-electron chi connectivity index (χ0n) is 19.3. The van der Waals surface area contributed by atoms with Gasteiger partial charge in [0.15, 0.2) is 12.6 Å². The number of nitrogens with one attached hydrogen (secondary N) is 2. The molecule has 1 aliphatic carbocycles. The molecular weight excluding hydrogens is 527 g/mol. The Hall–Kier alpha value is -2.29. The van der Waals surface area contributed by atoms with E-state index in [-0.39, 0.29) is 36.5 Å². The quantitative estimate of drug-likeness (QED) is 0.276. The van der Waals surface area contributed by atoms with Gasteiger partial charge in [-0.3, -0.25) is 9.79 Å². The predicted molar refractivity (Wildman–Crippen MR) is 144 cm³/mol. The molecule has 0 radical (unpaired) electrons. The maximum atomic E-state index is 11.7. The van der Waals surface area contributed by atoms with Crippen molar-refractivity contribution in [3.05, 3.63) is 65.7 Å². The summed E-state index contributed by atoms with van der Waals surface area (Å²) in [5, 5.41) is 6.39. The molecule has 2 N–H and O–H groups in total. The summed E-state index contributed by atoms with van der Waals surface area (Å²) in [4.78, 5) is 19.0. The minimum atomic E-state index is -0.0433. The number of halogens is 1. The Balaban J connectivity index is 0.00000306. The summed E-state index contributed by atoms with van der Waals surface area (Å²) in [5.74, 6) is 2.25. The zero-order chi connectivity index (χ0) is 22.2. The molecule has 178 valence electrons. The third-order valence-electron chi connectivity index (χ3n) is 5.99. The summed E-state index contributed by atoms with van der Waals surface area (Å²) >= 11 is 0. The molecule has 33 heavy (non-hydrogen) atoms. The summed E-state index contributed by atoms with van der Waals surface area (Å²) in [5.41, 5.74) is 2.63. The molecule has 1 amide bonds. The van der Waals surface area contributed by atoms with Crippen LogP contribution in [0.15, 0.2) is 59.6 Å². The highest BCUT2D eigenvalue weighted by Crippen LogP contribution is 2.27. The summed E-state index contributed by atoms with van der Waals surface area (Å²) in [6.07, 6.45) is 4.20. The number of carbonyl (C=O) groups excluding carboxylic acids is 1. The van der Waals surface area contributed by atoms with E-state index in [0.29, 0.717) is 12.0 Å². The highest BCUT2D eigenvalue weighted by molar-refractivity contribution is 14.0. The Kier molecular flexibility index (Phi) is 9.84. The van der Waals surface area contributed by atoms with Gasteiger partial charge >= 0.3 is 0 Å². The van der Waals surface area contributed by atoms with Gasteiger partial charge in [-0.25, -0.2) is 0 Å². The number of guanidine groups is 1. The Labute approximate surface area is 214 Å². The number of ether oxygens (including phenoxy) is 1. The molecule has 1 unspecified atom stereocenters. The molecule has 0 aromatic heterocycles. The maximum absolute atomic E-state index is 11.7. The monoisotopic (exact) mass is 562 g/mol. The van der Waals surface area contributed by atoms with Gasteiger partial charge in [0.2, 0.25) is 0 Å². The first-order valence-corrected chi connectivity index (χ1v) is 11.8. The Bertz CT molecular complexity index is 900. The first-order chi connectivity index (χ1) is 15.7. The second kappa shape index (κ2) is 12.8. The second-order valence-corrected chi connectivity index (χ2v) is 8.60. The molecule has 1 heterocycles.